The summed E-state index contributed by atoms with van der Waals surface area (Å²) in [4.78, 5) is 28.8. The van der Waals surface area contributed by atoms with E-state index in [1.165, 1.54) is 17.1 Å². The summed E-state index contributed by atoms with van der Waals surface area (Å²) in [5.74, 6) is -0.205. The normalized spacial score (nSPS) is 21.4. The third-order valence-corrected chi connectivity index (χ3v) is 2.93. The molecule has 6 nitrogen and oxygen atoms in total. The van der Waals surface area contributed by atoms with E-state index >= 15 is 0 Å². The zero-order chi connectivity index (χ0) is 12.1. The van der Waals surface area contributed by atoms with Crippen LogP contribution in [0.5, 0.6) is 0 Å². The van der Waals surface area contributed by atoms with Gasteiger partial charge in [0.1, 0.15) is 0 Å². The van der Waals surface area contributed by atoms with Crippen molar-refractivity contribution in [2.24, 2.45) is 5.92 Å². The Morgan fingerprint density at radius 1 is 1.38 bits per heavy atom. The van der Waals surface area contributed by atoms with Gasteiger partial charge in [-0.25, -0.2) is 9.86 Å². The maximum Gasteiger partial charge on any atom is 0.407 e. The van der Waals surface area contributed by atoms with Crippen LogP contribution in [0.3, 0.4) is 0 Å². The molecule has 1 saturated heterocycles. The van der Waals surface area contributed by atoms with Crippen LogP contribution in [-0.4, -0.2) is 54.3 Å². The highest BCUT2D eigenvalue weighted by Crippen LogP contribution is 2.19. The summed E-state index contributed by atoms with van der Waals surface area (Å²) < 4.78 is 0. The molecule has 1 aliphatic heterocycles. The minimum atomic E-state index is -0.909. The van der Waals surface area contributed by atoms with Crippen LogP contribution in [0.1, 0.15) is 19.3 Å². The molecule has 1 atom stereocenters. The Kier molecular flexibility index (Phi) is 4.54. The van der Waals surface area contributed by atoms with Gasteiger partial charge in [-0.3, -0.25) is 9.63 Å². The Balaban J connectivity index is 2.53. The molecule has 0 aromatic rings. The molecule has 1 heterocycles. The highest BCUT2D eigenvalue weighted by molar-refractivity contribution is 5.77. The number of hydroxylamine groups is 2. The molecule has 0 radical (unpaired) electrons. The molecule has 0 aromatic carbocycles. The molecule has 1 aliphatic rings. The second-order valence-corrected chi connectivity index (χ2v) is 3.92. The van der Waals surface area contributed by atoms with Gasteiger partial charge in [0.25, 0.3) is 0 Å². The third kappa shape index (κ3) is 3.10. The Labute approximate surface area is 94.7 Å². The minimum Gasteiger partial charge on any atom is -0.465 e. The van der Waals surface area contributed by atoms with Crippen molar-refractivity contribution in [1.82, 2.24) is 9.96 Å². The van der Waals surface area contributed by atoms with E-state index in [0.29, 0.717) is 19.5 Å². The van der Waals surface area contributed by atoms with E-state index in [1.807, 2.05) is 0 Å². The van der Waals surface area contributed by atoms with Crippen molar-refractivity contribution in [3.8, 4) is 0 Å². The summed E-state index contributed by atoms with van der Waals surface area (Å²) in [6.45, 7) is 0.930. The first kappa shape index (κ1) is 12.8. The predicted octanol–water partition coefficient (Wildman–Crippen LogP) is 0.786. The van der Waals surface area contributed by atoms with Crippen LogP contribution >= 0.6 is 0 Å². The topological polar surface area (TPSA) is 70.1 Å². The van der Waals surface area contributed by atoms with Crippen molar-refractivity contribution in [3.63, 3.8) is 0 Å². The molecular formula is C10H18N2O4. The lowest BCUT2D eigenvalue weighted by Crippen LogP contribution is -2.33. The van der Waals surface area contributed by atoms with Crippen molar-refractivity contribution >= 4 is 12.0 Å². The van der Waals surface area contributed by atoms with E-state index in [0.717, 1.165) is 12.8 Å². The van der Waals surface area contributed by atoms with Crippen LogP contribution in [0.4, 0.5) is 4.79 Å². The fourth-order valence-corrected chi connectivity index (χ4v) is 1.88. The molecule has 92 valence electrons. The number of hydrogen-bond acceptors (Lipinski definition) is 3. The summed E-state index contributed by atoms with van der Waals surface area (Å²) in [5, 5.41) is 10.1. The fourth-order valence-electron chi connectivity index (χ4n) is 1.88. The largest absolute Gasteiger partial charge is 0.465 e. The van der Waals surface area contributed by atoms with Crippen LogP contribution in [-0.2, 0) is 9.63 Å². The SMILES string of the molecule is CON(C)C(=O)C1CCCN(C(=O)O)CC1. The van der Waals surface area contributed by atoms with Crippen molar-refractivity contribution in [3.05, 3.63) is 0 Å². The van der Waals surface area contributed by atoms with Crippen LogP contribution in [0, 0.1) is 5.92 Å². The molecule has 1 rings (SSSR count). The monoisotopic (exact) mass is 230 g/mol. The first-order valence-corrected chi connectivity index (χ1v) is 5.35. The van der Waals surface area contributed by atoms with Crippen LogP contribution in [0.2, 0.25) is 0 Å². The zero-order valence-electron chi connectivity index (χ0n) is 9.68. The quantitative estimate of drug-likeness (QED) is 0.712. The van der Waals surface area contributed by atoms with Gasteiger partial charge in [-0.05, 0) is 19.3 Å². The maximum atomic E-state index is 11.8. The number of rotatable bonds is 2. The van der Waals surface area contributed by atoms with Crippen molar-refractivity contribution in [2.45, 2.75) is 19.3 Å². The highest BCUT2D eigenvalue weighted by Gasteiger charge is 2.26. The zero-order valence-corrected chi connectivity index (χ0v) is 9.68. The second kappa shape index (κ2) is 5.69. The van der Waals surface area contributed by atoms with Crippen LogP contribution < -0.4 is 0 Å². The molecule has 1 fully saturated rings. The predicted molar refractivity (Wildman–Crippen MR) is 56.7 cm³/mol. The summed E-state index contributed by atoms with van der Waals surface area (Å²) in [5.41, 5.74) is 0. The Morgan fingerprint density at radius 2 is 2.06 bits per heavy atom. The van der Waals surface area contributed by atoms with Gasteiger partial charge in [0.2, 0.25) is 5.91 Å². The van der Waals surface area contributed by atoms with E-state index in [9.17, 15) is 9.59 Å². The molecule has 0 saturated carbocycles. The van der Waals surface area contributed by atoms with Gasteiger partial charge in [0.15, 0.2) is 0 Å². The van der Waals surface area contributed by atoms with Crippen LogP contribution in [0.25, 0.3) is 0 Å². The summed E-state index contributed by atoms with van der Waals surface area (Å²) >= 11 is 0. The number of nitrogens with zero attached hydrogens (tertiary/aromatic N) is 2. The molecule has 6 heteroatoms. The van der Waals surface area contributed by atoms with E-state index < -0.39 is 6.09 Å². The van der Waals surface area contributed by atoms with E-state index in [-0.39, 0.29) is 11.8 Å². The number of likely N-dealkylation sites (tertiary alicyclic amines) is 1. The molecule has 16 heavy (non-hydrogen) atoms. The van der Waals surface area contributed by atoms with E-state index in [4.69, 9.17) is 9.94 Å². The Morgan fingerprint density at radius 3 is 2.62 bits per heavy atom. The number of carbonyl (C=O) groups excluding carboxylic acids is 1. The molecular weight excluding hydrogens is 212 g/mol. The van der Waals surface area contributed by atoms with Gasteiger partial charge >= 0.3 is 6.09 Å². The molecule has 1 unspecified atom stereocenters. The summed E-state index contributed by atoms with van der Waals surface area (Å²) in [6.07, 6.45) is 1.10. The van der Waals surface area contributed by atoms with Crippen molar-refractivity contribution < 1.29 is 19.5 Å². The molecule has 0 spiro atoms. The van der Waals surface area contributed by atoms with Gasteiger partial charge in [0, 0.05) is 26.1 Å². The Hall–Kier alpha value is -1.30. The molecule has 0 aliphatic carbocycles. The fraction of sp³-hybridized carbons (Fsp3) is 0.800. The lowest BCUT2D eigenvalue weighted by atomic mass is 10.00. The van der Waals surface area contributed by atoms with Gasteiger partial charge < -0.3 is 10.0 Å². The first-order chi connectivity index (χ1) is 7.56. The summed E-state index contributed by atoms with van der Waals surface area (Å²) in [7, 11) is 3.01. The van der Waals surface area contributed by atoms with Crippen molar-refractivity contribution in [1.29, 1.82) is 0 Å². The molecule has 1 N–H and O–H groups in total. The van der Waals surface area contributed by atoms with E-state index in [1.54, 1.807) is 7.05 Å². The third-order valence-electron chi connectivity index (χ3n) is 2.93. The van der Waals surface area contributed by atoms with E-state index in [2.05, 4.69) is 0 Å². The van der Waals surface area contributed by atoms with Crippen molar-refractivity contribution in [2.75, 3.05) is 27.2 Å². The number of carboxylic acid groups (broad SMARTS) is 1. The smallest absolute Gasteiger partial charge is 0.407 e. The number of amides is 2. The molecule has 0 aromatic heterocycles. The number of hydrogen-bond donors (Lipinski definition) is 1. The minimum absolute atomic E-state index is 0.0743. The molecule has 2 amide bonds. The second-order valence-electron chi connectivity index (χ2n) is 3.92. The average molecular weight is 230 g/mol. The lowest BCUT2D eigenvalue weighted by Gasteiger charge is -2.20. The Bertz CT molecular complexity index is 270. The average Bonchev–Trinajstić information content (AvgIpc) is 2.52. The standard InChI is InChI=1S/C10H18N2O4/c1-11(16-2)9(13)8-4-3-6-12(7-5-8)10(14)15/h8H,3-7H2,1-2H3,(H,14,15). The highest BCUT2D eigenvalue weighted by atomic mass is 16.7. The first-order valence-electron chi connectivity index (χ1n) is 5.35. The molecule has 0 bridgehead atoms. The van der Waals surface area contributed by atoms with Gasteiger partial charge in [0.05, 0.1) is 7.11 Å². The van der Waals surface area contributed by atoms with Gasteiger partial charge in [-0.1, -0.05) is 0 Å². The van der Waals surface area contributed by atoms with Gasteiger partial charge in [-0.2, -0.15) is 0 Å². The maximum absolute atomic E-state index is 11.8. The lowest BCUT2D eigenvalue weighted by molar-refractivity contribution is -0.173. The van der Waals surface area contributed by atoms with Gasteiger partial charge in [-0.15, -0.1) is 0 Å². The number of carbonyl (C=O) groups is 2. The summed E-state index contributed by atoms with van der Waals surface area (Å²) in [6, 6.07) is 0. The van der Waals surface area contributed by atoms with Crippen LogP contribution in [0.15, 0.2) is 0 Å².